The Labute approximate surface area is 119 Å². The van der Waals surface area contributed by atoms with E-state index < -0.39 is 6.04 Å². The van der Waals surface area contributed by atoms with Crippen molar-refractivity contribution in [3.63, 3.8) is 0 Å². The van der Waals surface area contributed by atoms with Crippen LogP contribution in [0.3, 0.4) is 0 Å². The number of methoxy groups -OCH3 is 1. The van der Waals surface area contributed by atoms with Gasteiger partial charge in [-0.15, -0.1) is 0 Å². The summed E-state index contributed by atoms with van der Waals surface area (Å²) in [6, 6.07) is 2.97. The zero-order valence-electron chi connectivity index (χ0n) is 11.6. The number of benzene rings is 1. The van der Waals surface area contributed by atoms with Crippen LogP contribution in [0.5, 0.6) is 5.75 Å². The first-order chi connectivity index (χ1) is 8.99. The van der Waals surface area contributed by atoms with Gasteiger partial charge in [-0.2, -0.15) is 0 Å². The Morgan fingerprint density at radius 3 is 2.79 bits per heavy atom. The van der Waals surface area contributed by atoms with E-state index in [0.29, 0.717) is 22.9 Å². The number of amides is 1. The average Bonchev–Trinajstić information content (AvgIpc) is 2.39. The minimum absolute atomic E-state index is 0.200. The fraction of sp³-hybridized carbons (Fsp3) is 0.500. The van der Waals surface area contributed by atoms with E-state index in [1.54, 1.807) is 12.1 Å². The predicted molar refractivity (Wildman–Crippen MR) is 78.9 cm³/mol. The predicted octanol–water partition coefficient (Wildman–Crippen LogP) is 3.11. The number of nitrogens with two attached hydrogens (primary N) is 1. The summed E-state index contributed by atoms with van der Waals surface area (Å²) >= 11 is 6.01. The molecule has 1 aromatic carbocycles. The molecule has 0 bridgehead atoms. The molecule has 0 radical (unpaired) electrons. The topological polar surface area (TPSA) is 64.4 Å². The van der Waals surface area contributed by atoms with Gasteiger partial charge in [0.25, 0.3) is 0 Å². The molecule has 1 amide bonds. The molecule has 0 unspecified atom stereocenters. The maximum absolute atomic E-state index is 12.0. The summed E-state index contributed by atoms with van der Waals surface area (Å²) in [6.45, 7) is 3.94. The van der Waals surface area contributed by atoms with Crippen molar-refractivity contribution in [3.8, 4) is 5.75 Å². The molecular formula is C14H21ClN2O2. The molecule has 106 valence electrons. The van der Waals surface area contributed by atoms with Crippen LogP contribution in [0.4, 0.5) is 5.69 Å². The van der Waals surface area contributed by atoms with E-state index in [4.69, 9.17) is 22.1 Å². The number of hydrogen-bond acceptors (Lipinski definition) is 3. The molecule has 0 saturated heterocycles. The lowest BCUT2D eigenvalue weighted by molar-refractivity contribution is -0.117. The van der Waals surface area contributed by atoms with Crippen molar-refractivity contribution >= 4 is 23.2 Å². The fourth-order valence-corrected chi connectivity index (χ4v) is 1.86. The zero-order valence-corrected chi connectivity index (χ0v) is 12.4. The Hall–Kier alpha value is -1.26. The van der Waals surface area contributed by atoms with E-state index in [1.165, 1.54) is 7.11 Å². The molecule has 5 heteroatoms. The van der Waals surface area contributed by atoms with Gasteiger partial charge < -0.3 is 15.8 Å². The van der Waals surface area contributed by atoms with Crippen molar-refractivity contribution < 1.29 is 9.53 Å². The number of anilines is 1. The van der Waals surface area contributed by atoms with Crippen molar-refractivity contribution in [1.82, 2.24) is 0 Å². The summed E-state index contributed by atoms with van der Waals surface area (Å²) in [5.41, 5.74) is 7.31. The number of unbranched alkanes of at least 4 members (excludes halogenated alkanes) is 1. The number of halogens is 1. The number of hydrogen-bond donors (Lipinski definition) is 2. The van der Waals surface area contributed by atoms with Gasteiger partial charge in [0, 0.05) is 11.1 Å². The Kier molecular flexibility index (Phi) is 6.12. The summed E-state index contributed by atoms with van der Waals surface area (Å²) < 4.78 is 5.20. The first-order valence-electron chi connectivity index (χ1n) is 6.40. The molecule has 0 spiro atoms. The molecule has 4 nitrogen and oxygen atoms in total. The van der Waals surface area contributed by atoms with E-state index in [0.717, 1.165) is 18.4 Å². The summed E-state index contributed by atoms with van der Waals surface area (Å²) in [5.74, 6) is 0.333. The highest BCUT2D eigenvalue weighted by atomic mass is 35.5. The van der Waals surface area contributed by atoms with Crippen molar-refractivity contribution in [2.45, 2.75) is 39.2 Å². The van der Waals surface area contributed by atoms with E-state index in [9.17, 15) is 4.79 Å². The van der Waals surface area contributed by atoms with Crippen LogP contribution < -0.4 is 15.8 Å². The highest BCUT2D eigenvalue weighted by molar-refractivity contribution is 6.31. The van der Waals surface area contributed by atoms with E-state index in [1.807, 2.05) is 6.92 Å². The largest absolute Gasteiger partial charge is 0.495 e. The summed E-state index contributed by atoms with van der Waals surface area (Å²) in [7, 11) is 1.54. The highest BCUT2D eigenvalue weighted by Gasteiger charge is 2.15. The zero-order chi connectivity index (χ0) is 14.4. The third kappa shape index (κ3) is 4.40. The Bertz CT molecular complexity index is 449. The van der Waals surface area contributed by atoms with Crippen LogP contribution in [0.15, 0.2) is 12.1 Å². The molecule has 0 aliphatic rings. The first-order valence-corrected chi connectivity index (χ1v) is 6.78. The van der Waals surface area contributed by atoms with Gasteiger partial charge in [0.15, 0.2) is 0 Å². The minimum Gasteiger partial charge on any atom is -0.495 e. The number of ether oxygens (including phenoxy) is 1. The Morgan fingerprint density at radius 1 is 1.53 bits per heavy atom. The van der Waals surface area contributed by atoms with Crippen LogP contribution >= 0.6 is 11.6 Å². The van der Waals surface area contributed by atoms with E-state index in [-0.39, 0.29) is 5.91 Å². The Morgan fingerprint density at radius 2 is 2.21 bits per heavy atom. The monoisotopic (exact) mass is 284 g/mol. The van der Waals surface area contributed by atoms with Crippen LogP contribution in [-0.2, 0) is 4.79 Å². The molecule has 1 aromatic rings. The first kappa shape index (κ1) is 15.8. The number of carbonyl (C=O) groups is 1. The average molecular weight is 285 g/mol. The van der Waals surface area contributed by atoms with Gasteiger partial charge in [-0.1, -0.05) is 31.4 Å². The number of carbonyl (C=O) groups excluding carboxylic acids is 1. The second-order valence-electron chi connectivity index (χ2n) is 4.54. The van der Waals surface area contributed by atoms with Crippen LogP contribution in [-0.4, -0.2) is 19.1 Å². The minimum atomic E-state index is -0.499. The van der Waals surface area contributed by atoms with Crippen LogP contribution in [0.25, 0.3) is 0 Å². The van der Waals surface area contributed by atoms with Crippen molar-refractivity contribution in [3.05, 3.63) is 22.7 Å². The van der Waals surface area contributed by atoms with Crippen LogP contribution in [0.1, 0.15) is 31.7 Å². The summed E-state index contributed by atoms with van der Waals surface area (Å²) in [6.07, 6.45) is 2.63. The quantitative estimate of drug-likeness (QED) is 0.843. The third-order valence-corrected chi connectivity index (χ3v) is 3.35. The van der Waals surface area contributed by atoms with Crippen molar-refractivity contribution in [2.24, 2.45) is 5.73 Å². The summed E-state index contributed by atoms with van der Waals surface area (Å²) in [5, 5.41) is 3.39. The van der Waals surface area contributed by atoms with E-state index in [2.05, 4.69) is 12.2 Å². The lowest BCUT2D eigenvalue weighted by atomic mass is 10.1. The molecule has 0 fully saturated rings. The van der Waals surface area contributed by atoms with Crippen molar-refractivity contribution in [1.29, 1.82) is 0 Å². The lowest BCUT2D eigenvalue weighted by Crippen LogP contribution is -2.35. The maximum Gasteiger partial charge on any atom is 0.241 e. The van der Waals surface area contributed by atoms with Crippen molar-refractivity contribution in [2.75, 3.05) is 12.4 Å². The molecule has 0 aliphatic carbocycles. The standard InChI is InChI=1S/C14H21ClN2O2/c1-4-5-6-11(16)14(18)17-12-7-9(2)10(15)8-13(12)19-3/h7-8,11H,4-6,16H2,1-3H3,(H,17,18)/t11-/m0/s1. The molecule has 3 N–H and O–H groups in total. The molecule has 19 heavy (non-hydrogen) atoms. The van der Waals surface area contributed by atoms with Gasteiger partial charge in [-0.05, 0) is 25.0 Å². The van der Waals surface area contributed by atoms with Gasteiger partial charge in [0.1, 0.15) is 5.75 Å². The Balaban J connectivity index is 2.81. The normalized spacial score (nSPS) is 12.1. The van der Waals surface area contributed by atoms with Gasteiger partial charge >= 0.3 is 0 Å². The molecule has 1 rings (SSSR count). The van der Waals surface area contributed by atoms with Gasteiger partial charge in [-0.25, -0.2) is 0 Å². The van der Waals surface area contributed by atoms with Gasteiger partial charge in [0.05, 0.1) is 18.8 Å². The van der Waals surface area contributed by atoms with Crippen LogP contribution in [0, 0.1) is 6.92 Å². The van der Waals surface area contributed by atoms with E-state index >= 15 is 0 Å². The second-order valence-corrected chi connectivity index (χ2v) is 4.95. The maximum atomic E-state index is 12.0. The van der Waals surface area contributed by atoms with Gasteiger partial charge in [0.2, 0.25) is 5.91 Å². The highest BCUT2D eigenvalue weighted by Crippen LogP contribution is 2.31. The number of rotatable bonds is 6. The van der Waals surface area contributed by atoms with Gasteiger partial charge in [-0.3, -0.25) is 4.79 Å². The second kappa shape index (κ2) is 7.36. The fourth-order valence-electron chi connectivity index (χ4n) is 1.71. The lowest BCUT2D eigenvalue weighted by Gasteiger charge is -2.15. The smallest absolute Gasteiger partial charge is 0.241 e. The third-order valence-electron chi connectivity index (χ3n) is 2.94. The molecule has 1 atom stereocenters. The molecule has 0 saturated carbocycles. The number of nitrogens with one attached hydrogen (secondary N) is 1. The molecule has 0 heterocycles. The van der Waals surface area contributed by atoms with Crippen LogP contribution in [0.2, 0.25) is 5.02 Å². The molecular weight excluding hydrogens is 264 g/mol. The SMILES string of the molecule is CCCC[C@H](N)C(=O)Nc1cc(C)c(Cl)cc1OC. The summed E-state index contributed by atoms with van der Waals surface area (Å²) in [4.78, 5) is 12.0. The molecule has 0 aliphatic heterocycles. The molecule has 0 aromatic heterocycles. The number of aryl methyl sites for hydroxylation is 1.